The number of benzene rings is 1. The molecule has 1 aliphatic rings. The summed E-state index contributed by atoms with van der Waals surface area (Å²) in [6, 6.07) is 8.75. The van der Waals surface area contributed by atoms with Gasteiger partial charge in [0.15, 0.2) is 0 Å². The van der Waals surface area contributed by atoms with Crippen LogP contribution >= 0.6 is 12.6 Å². The van der Waals surface area contributed by atoms with E-state index in [0.29, 0.717) is 5.92 Å². The van der Waals surface area contributed by atoms with Gasteiger partial charge in [0.25, 0.3) is 0 Å². The fourth-order valence-corrected chi connectivity index (χ4v) is 2.33. The van der Waals surface area contributed by atoms with Gasteiger partial charge in [-0.05, 0) is 23.8 Å². The van der Waals surface area contributed by atoms with Crippen molar-refractivity contribution in [1.82, 2.24) is 0 Å². The molecule has 0 radical (unpaired) electrons. The van der Waals surface area contributed by atoms with Crippen LogP contribution in [0.3, 0.4) is 0 Å². The van der Waals surface area contributed by atoms with Gasteiger partial charge in [0.1, 0.15) is 0 Å². The van der Waals surface area contributed by atoms with Crippen LogP contribution in [0.25, 0.3) is 0 Å². The van der Waals surface area contributed by atoms with E-state index in [0.717, 1.165) is 12.3 Å². The second-order valence-corrected chi connectivity index (χ2v) is 4.43. The molecule has 1 aromatic carbocycles. The Hall–Kier alpha value is -0.630. The number of hydrogen-bond donors (Lipinski definition) is 1. The molecule has 1 heterocycles. The lowest BCUT2D eigenvalue weighted by Crippen LogP contribution is -2.22. The average Bonchev–Trinajstić information content (AvgIpc) is 2.54. The van der Waals surface area contributed by atoms with Gasteiger partial charge in [-0.2, -0.15) is 12.6 Å². The van der Waals surface area contributed by atoms with Crippen LogP contribution in [0.15, 0.2) is 24.3 Å². The summed E-state index contributed by atoms with van der Waals surface area (Å²) in [6.07, 6.45) is 1.17. The van der Waals surface area contributed by atoms with Crippen molar-refractivity contribution >= 4 is 18.3 Å². The summed E-state index contributed by atoms with van der Waals surface area (Å²) in [7, 11) is 0. The summed E-state index contributed by atoms with van der Waals surface area (Å²) in [5, 5.41) is 0. The Morgan fingerprint density at radius 3 is 3.00 bits per heavy atom. The minimum atomic E-state index is 0.686. The summed E-state index contributed by atoms with van der Waals surface area (Å²) in [5.74, 6) is 1.67. The van der Waals surface area contributed by atoms with E-state index in [4.69, 9.17) is 0 Å². The van der Waals surface area contributed by atoms with Gasteiger partial charge in [-0.1, -0.05) is 25.1 Å². The van der Waals surface area contributed by atoms with Crippen LogP contribution in [0.5, 0.6) is 0 Å². The predicted octanol–water partition coefficient (Wildman–Crippen LogP) is 2.93. The Bertz CT molecular complexity index is 311. The second-order valence-electron chi connectivity index (χ2n) is 3.98. The van der Waals surface area contributed by atoms with E-state index in [1.165, 1.54) is 24.2 Å². The highest BCUT2D eigenvalue weighted by Crippen LogP contribution is 2.35. The average molecular weight is 207 g/mol. The summed E-state index contributed by atoms with van der Waals surface area (Å²) < 4.78 is 0. The predicted molar refractivity (Wildman–Crippen MR) is 65.5 cm³/mol. The van der Waals surface area contributed by atoms with Crippen LogP contribution in [-0.4, -0.2) is 18.8 Å². The van der Waals surface area contributed by atoms with Crippen LogP contribution in [0.1, 0.15) is 24.8 Å². The van der Waals surface area contributed by atoms with Gasteiger partial charge in [-0.3, -0.25) is 0 Å². The van der Waals surface area contributed by atoms with Crippen molar-refractivity contribution in [1.29, 1.82) is 0 Å². The molecular weight excluding hydrogens is 190 g/mol. The molecule has 14 heavy (non-hydrogen) atoms. The van der Waals surface area contributed by atoms with Crippen molar-refractivity contribution in [3.8, 4) is 0 Å². The zero-order chi connectivity index (χ0) is 9.97. The molecule has 2 rings (SSSR count). The third-order valence-corrected chi connectivity index (χ3v) is 3.20. The molecule has 0 spiro atoms. The zero-order valence-electron chi connectivity index (χ0n) is 8.61. The van der Waals surface area contributed by atoms with Crippen molar-refractivity contribution in [2.45, 2.75) is 19.3 Å². The first-order valence-corrected chi connectivity index (χ1v) is 5.91. The molecular formula is C12H17NS. The maximum Gasteiger partial charge on any atom is 0.0402 e. The molecule has 0 amide bonds. The fraction of sp³-hybridized carbons (Fsp3) is 0.500. The highest BCUT2D eigenvalue weighted by Gasteiger charge is 2.23. The Kier molecular flexibility index (Phi) is 3.02. The van der Waals surface area contributed by atoms with Crippen molar-refractivity contribution < 1.29 is 0 Å². The largest absolute Gasteiger partial charge is 0.371 e. The summed E-state index contributed by atoms with van der Waals surface area (Å²) in [5.41, 5.74) is 2.94. The number of hydrogen-bond acceptors (Lipinski definition) is 2. The first-order chi connectivity index (χ1) is 6.83. The normalized spacial score (nSPS) is 19.9. The number of nitrogens with zero attached hydrogens (tertiary/aromatic N) is 1. The lowest BCUT2D eigenvalue weighted by atomic mass is 10.0. The van der Waals surface area contributed by atoms with Crippen LogP contribution in [0.2, 0.25) is 0 Å². The number of para-hydroxylation sites is 1. The van der Waals surface area contributed by atoms with Gasteiger partial charge in [-0.15, -0.1) is 0 Å². The van der Waals surface area contributed by atoms with Crippen molar-refractivity contribution in [2.75, 3.05) is 23.7 Å². The summed E-state index contributed by atoms with van der Waals surface area (Å²) in [4.78, 5) is 2.48. The van der Waals surface area contributed by atoms with E-state index in [1.807, 2.05) is 0 Å². The Labute approximate surface area is 91.5 Å². The van der Waals surface area contributed by atoms with E-state index in [2.05, 4.69) is 48.7 Å². The smallest absolute Gasteiger partial charge is 0.0402 e. The van der Waals surface area contributed by atoms with Crippen LogP contribution in [-0.2, 0) is 0 Å². The lowest BCUT2D eigenvalue weighted by Gasteiger charge is -2.18. The molecule has 1 atom stereocenters. The van der Waals surface area contributed by atoms with E-state index in [9.17, 15) is 0 Å². The van der Waals surface area contributed by atoms with E-state index < -0.39 is 0 Å². The lowest BCUT2D eigenvalue weighted by molar-refractivity contribution is 0.734. The van der Waals surface area contributed by atoms with E-state index in [-0.39, 0.29) is 0 Å². The van der Waals surface area contributed by atoms with Crippen molar-refractivity contribution in [3.05, 3.63) is 29.8 Å². The van der Waals surface area contributed by atoms with E-state index in [1.54, 1.807) is 0 Å². The highest BCUT2D eigenvalue weighted by molar-refractivity contribution is 7.80. The minimum absolute atomic E-state index is 0.686. The number of thiol groups is 1. The maximum atomic E-state index is 4.26. The Morgan fingerprint density at radius 1 is 1.43 bits per heavy atom. The monoisotopic (exact) mass is 207 g/mol. The maximum absolute atomic E-state index is 4.26. The molecule has 0 saturated heterocycles. The summed E-state index contributed by atoms with van der Waals surface area (Å²) >= 11 is 4.26. The first kappa shape index (κ1) is 9.91. The zero-order valence-corrected chi connectivity index (χ0v) is 9.50. The van der Waals surface area contributed by atoms with Crippen LogP contribution in [0.4, 0.5) is 5.69 Å². The topological polar surface area (TPSA) is 3.24 Å². The highest BCUT2D eigenvalue weighted by atomic mass is 32.1. The minimum Gasteiger partial charge on any atom is -0.371 e. The molecule has 1 aromatic rings. The van der Waals surface area contributed by atoms with Crippen LogP contribution < -0.4 is 4.90 Å². The molecule has 76 valence electrons. The van der Waals surface area contributed by atoms with Crippen molar-refractivity contribution in [2.24, 2.45) is 0 Å². The molecule has 0 N–H and O–H groups in total. The van der Waals surface area contributed by atoms with E-state index >= 15 is 0 Å². The molecule has 1 aliphatic heterocycles. The number of anilines is 1. The second kappa shape index (κ2) is 4.26. The number of rotatable bonds is 3. The molecule has 1 nitrogen and oxygen atoms in total. The molecule has 1 unspecified atom stereocenters. The van der Waals surface area contributed by atoms with Gasteiger partial charge in [-0.25, -0.2) is 0 Å². The third-order valence-electron chi connectivity index (χ3n) is 2.89. The van der Waals surface area contributed by atoms with Gasteiger partial charge in [0.05, 0.1) is 0 Å². The Morgan fingerprint density at radius 2 is 2.21 bits per heavy atom. The molecule has 0 bridgehead atoms. The molecule has 2 heteroatoms. The van der Waals surface area contributed by atoms with Crippen LogP contribution in [0, 0.1) is 0 Å². The standard InChI is InChI=1S/C12H17NS/c1-10-9-13(7-4-8-14)12-6-3-2-5-11(10)12/h2-3,5-6,10,14H,4,7-9H2,1H3. The molecule has 0 saturated carbocycles. The van der Waals surface area contributed by atoms with Gasteiger partial charge in [0, 0.05) is 24.7 Å². The number of fused-ring (bicyclic) bond motifs is 1. The fourth-order valence-electron chi connectivity index (χ4n) is 2.19. The first-order valence-electron chi connectivity index (χ1n) is 5.27. The molecule has 0 aliphatic carbocycles. The Balaban J connectivity index is 2.17. The van der Waals surface area contributed by atoms with Gasteiger partial charge < -0.3 is 4.90 Å². The van der Waals surface area contributed by atoms with Crippen molar-refractivity contribution in [3.63, 3.8) is 0 Å². The quantitative estimate of drug-likeness (QED) is 0.746. The van der Waals surface area contributed by atoms with Gasteiger partial charge >= 0.3 is 0 Å². The SMILES string of the molecule is CC1CN(CCCS)c2ccccc21. The molecule has 0 fully saturated rings. The molecule has 0 aromatic heterocycles. The third kappa shape index (κ3) is 1.76. The van der Waals surface area contributed by atoms with Gasteiger partial charge in [0.2, 0.25) is 0 Å². The summed E-state index contributed by atoms with van der Waals surface area (Å²) in [6.45, 7) is 4.62.